The molecular formula is C16H20N2S. The van der Waals surface area contributed by atoms with E-state index in [1.165, 1.54) is 35.5 Å². The predicted molar refractivity (Wildman–Crippen MR) is 80.6 cm³/mol. The van der Waals surface area contributed by atoms with Gasteiger partial charge in [0, 0.05) is 17.3 Å². The van der Waals surface area contributed by atoms with E-state index in [4.69, 9.17) is 4.98 Å². The number of nitrogens with zero attached hydrogens (tertiary/aromatic N) is 1. The second-order valence-corrected chi connectivity index (χ2v) is 6.08. The van der Waals surface area contributed by atoms with Crippen molar-refractivity contribution in [3.63, 3.8) is 0 Å². The molecule has 0 bridgehead atoms. The van der Waals surface area contributed by atoms with Gasteiger partial charge in [-0.05, 0) is 24.9 Å². The first-order chi connectivity index (χ1) is 9.35. The summed E-state index contributed by atoms with van der Waals surface area (Å²) in [6, 6.07) is 10.9. The molecule has 0 unspecified atom stereocenters. The lowest BCUT2D eigenvalue weighted by Crippen LogP contribution is -2.35. The van der Waals surface area contributed by atoms with Crippen molar-refractivity contribution in [1.29, 1.82) is 0 Å². The van der Waals surface area contributed by atoms with Crippen LogP contribution in [0, 0.1) is 0 Å². The molecule has 1 heterocycles. The van der Waals surface area contributed by atoms with E-state index in [9.17, 15) is 0 Å². The van der Waals surface area contributed by atoms with Crippen molar-refractivity contribution in [1.82, 2.24) is 10.3 Å². The van der Waals surface area contributed by atoms with Crippen LogP contribution in [-0.4, -0.2) is 11.5 Å². The van der Waals surface area contributed by atoms with Gasteiger partial charge in [-0.1, -0.05) is 43.7 Å². The summed E-state index contributed by atoms with van der Waals surface area (Å²) >= 11 is 1.83. The number of rotatable bonds is 5. The van der Waals surface area contributed by atoms with E-state index in [0.717, 1.165) is 13.1 Å². The molecule has 100 valence electrons. The Morgan fingerprint density at radius 1 is 1.26 bits per heavy atom. The molecule has 1 fully saturated rings. The Morgan fingerprint density at radius 3 is 2.68 bits per heavy atom. The Morgan fingerprint density at radius 2 is 2.05 bits per heavy atom. The van der Waals surface area contributed by atoms with E-state index in [-0.39, 0.29) is 5.41 Å². The van der Waals surface area contributed by atoms with Crippen molar-refractivity contribution in [2.45, 2.75) is 38.1 Å². The van der Waals surface area contributed by atoms with Crippen LogP contribution in [0.3, 0.4) is 0 Å². The van der Waals surface area contributed by atoms with E-state index in [0.29, 0.717) is 0 Å². The molecule has 0 saturated heterocycles. The Hall–Kier alpha value is -1.19. The van der Waals surface area contributed by atoms with E-state index >= 15 is 0 Å². The van der Waals surface area contributed by atoms with E-state index in [1.807, 2.05) is 11.3 Å². The third-order valence-corrected chi connectivity index (χ3v) is 5.15. The van der Waals surface area contributed by atoms with Gasteiger partial charge in [0.1, 0.15) is 5.01 Å². The lowest BCUT2D eigenvalue weighted by Gasteiger charge is -2.40. The van der Waals surface area contributed by atoms with Crippen molar-refractivity contribution in [2.24, 2.45) is 0 Å². The first kappa shape index (κ1) is 12.8. The van der Waals surface area contributed by atoms with E-state index in [2.05, 4.69) is 48.0 Å². The SMILES string of the molecule is CCNCc1csc(C2(c3ccccc3)CCC2)n1. The second kappa shape index (κ2) is 5.43. The standard InChI is InChI=1S/C16H20N2S/c1-2-17-11-14-12-19-15(18-14)16(9-6-10-16)13-7-4-3-5-8-13/h3-5,7-8,12,17H,2,6,9-11H2,1H3. The van der Waals surface area contributed by atoms with Crippen molar-refractivity contribution < 1.29 is 0 Å². The van der Waals surface area contributed by atoms with Gasteiger partial charge in [-0.15, -0.1) is 11.3 Å². The van der Waals surface area contributed by atoms with Gasteiger partial charge < -0.3 is 5.32 Å². The van der Waals surface area contributed by atoms with Gasteiger partial charge in [0.25, 0.3) is 0 Å². The third-order valence-electron chi connectivity index (χ3n) is 4.05. The zero-order valence-electron chi connectivity index (χ0n) is 11.4. The Kier molecular flexibility index (Phi) is 3.67. The molecule has 1 aromatic heterocycles. The molecule has 3 heteroatoms. The normalized spacial score (nSPS) is 17.1. The summed E-state index contributed by atoms with van der Waals surface area (Å²) in [5.74, 6) is 0. The zero-order chi connectivity index (χ0) is 13.1. The lowest BCUT2D eigenvalue weighted by atomic mass is 9.65. The van der Waals surface area contributed by atoms with Crippen molar-refractivity contribution in [3.05, 3.63) is 52.0 Å². The van der Waals surface area contributed by atoms with Crippen LogP contribution < -0.4 is 5.32 Å². The summed E-state index contributed by atoms with van der Waals surface area (Å²) in [6.45, 7) is 4.01. The van der Waals surface area contributed by atoms with Crippen LogP contribution in [0.5, 0.6) is 0 Å². The molecule has 0 radical (unpaired) electrons. The largest absolute Gasteiger partial charge is 0.311 e. The fourth-order valence-electron chi connectivity index (χ4n) is 2.77. The van der Waals surface area contributed by atoms with Crippen LogP contribution in [0.4, 0.5) is 0 Å². The molecule has 1 N–H and O–H groups in total. The lowest BCUT2D eigenvalue weighted by molar-refractivity contribution is 0.300. The fourth-order valence-corrected chi connectivity index (χ4v) is 3.88. The number of hydrogen-bond acceptors (Lipinski definition) is 3. The highest BCUT2D eigenvalue weighted by Gasteiger charge is 2.42. The monoisotopic (exact) mass is 272 g/mol. The second-order valence-electron chi connectivity index (χ2n) is 5.23. The molecule has 2 nitrogen and oxygen atoms in total. The number of aromatic nitrogens is 1. The number of hydrogen-bond donors (Lipinski definition) is 1. The molecule has 0 atom stereocenters. The average Bonchev–Trinajstić information content (AvgIpc) is 2.85. The topological polar surface area (TPSA) is 24.9 Å². The average molecular weight is 272 g/mol. The molecule has 1 aliphatic rings. The Balaban J connectivity index is 1.88. The first-order valence-corrected chi connectivity index (χ1v) is 7.94. The van der Waals surface area contributed by atoms with E-state index < -0.39 is 0 Å². The van der Waals surface area contributed by atoms with Crippen molar-refractivity contribution >= 4 is 11.3 Å². The highest BCUT2D eigenvalue weighted by Crippen LogP contribution is 2.49. The van der Waals surface area contributed by atoms with Gasteiger partial charge in [-0.25, -0.2) is 4.98 Å². The van der Waals surface area contributed by atoms with Crippen LogP contribution in [0.2, 0.25) is 0 Å². The molecule has 2 aromatic rings. The number of benzene rings is 1. The summed E-state index contributed by atoms with van der Waals surface area (Å²) in [5.41, 5.74) is 2.82. The summed E-state index contributed by atoms with van der Waals surface area (Å²) in [4.78, 5) is 4.87. The molecule has 0 amide bonds. The number of nitrogens with one attached hydrogen (secondary N) is 1. The number of thiazole rings is 1. The van der Waals surface area contributed by atoms with Crippen LogP contribution in [0.15, 0.2) is 35.7 Å². The van der Waals surface area contributed by atoms with E-state index in [1.54, 1.807) is 0 Å². The van der Waals surface area contributed by atoms with Gasteiger partial charge in [0.05, 0.1) is 5.69 Å². The smallest absolute Gasteiger partial charge is 0.103 e. The van der Waals surface area contributed by atoms with Gasteiger partial charge in [0.2, 0.25) is 0 Å². The summed E-state index contributed by atoms with van der Waals surface area (Å²) < 4.78 is 0. The molecule has 0 aliphatic heterocycles. The first-order valence-electron chi connectivity index (χ1n) is 7.06. The highest BCUT2D eigenvalue weighted by molar-refractivity contribution is 7.09. The molecular weight excluding hydrogens is 252 g/mol. The molecule has 3 rings (SSSR count). The van der Waals surface area contributed by atoms with Crippen LogP contribution >= 0.6 is 11.3 Å². The maximum atomic E-state index is 4.87. The predicted octanol–water partition coefficient (Wildman–Crippen LogP) is 3.72. The van der Waals surface area contributed by atoms with Gasteiger partial charge in [-0.3, -0.25) is 0 Å². The Labute approximate surface area is 118 Å². The van der Waals surface area contributed by atoms with Crippen LogP contribution in [0.1, 0.15) is 42.5 Å². The molecule has 1 aromatic carbocycles. The summed E-state index contributed by atoms with van der Waals surface area (Å²) in [6.07, 6.45) is 3.80. The molecule has 1 aliphatic carbocycles. The molecule has 0 spiro atoms. The maximum absolute atomic E-state index is 4.87. The summed E-state index contributed by atoms with van der Waals surface area (Å²) in [5, 5.41) is 6.86. The highest BCUT2D eigenvalue weighted by atomic mass is 32.1. The third kappa shape index (κ3) is 2.33. The summed E-state index contributed by atoms with van der Waals surface area (Å²) in [7, 11) is 0. The zero-order valence-corrected chi connectivity index (χ0v) is 12.2. The minimum absolute atomic E-state index is 0.205. The molecule has 19 heavy (non-hydrogen) atoms. The van der Waals surface area contributed by atoms with Crippen LogP contribution in [-0.2, 0) is 12.0 Å². The fraction of sp³-hybridized carbons (Fsp3) is 0.438. The minimum Gasteiger partial charge on any atom is -0.311 e. The molecule has 1 saturated carbocycles. The van der Waals surface area contributed by atoms with Crippen molar-refractivity contribution in [2.75, 3.05) is 6.54 Å². The van der Waals surface area contributed by atoms with Gasteiger partial charge >= 0.3 is 0 Å². The van der Waals surface area contributed by atoms with Gasteiger partial charge in [-0.2, -0.15) is 0 Å². The quantitative estimate of drug-likeness (QED) is 0.897. The maximum Gasteiger partial charge on any atom is 0.103 e. The van der Waals surface area contributed by atoms with Crippen molar-refractivity contribution in [3.8, 4) is 0 Å². The minimum atomic E-state index is 0.205. The van der Waals surface area contributed by atoms with Gasteiger partial charge in [0.15, 0.2) is 0 Å². The Bertz CT molecular complexity index is 529. The van der Waals surface area contributed by atoms with Crippen LogP contribution in [0.25, 0.3) is 0 Å².